The molecule has 0 N–H and O–H groups in total. The third-order valence-electron chi connectivity index (χ3n) is 0.722. The quantitative estimate of drug-likeness (QED) is 0.584. The predicted molar refractivity (Wildman–Crippen MR) is 35.0 cm³/mol. The summed E-state index contributed by atoms with van der Waals surface area (Å²) >= 11 is -0.0228. The molecule has 0 saturated heterocycles. The van der Waals surface area contributed by atoms with E-state index in [9.17, 15) is 9.00 Å². The van der Waals surface area contributed by atoms with Crippen molar-refractivity contribution < 1.29 is 9.00 Å². The molecule has 0 aliphatic carbocycles. The summed E-state index contributed by atoms with van der Waals surface area (Å²) in [4.78, 5) is 10.5. The van der Waals surface area contributed by atoms with Crippen LogP contribution in [0.25, 0.3) is 0 Å². The van der Waals surface area contributed by atoms with Crippen LogP contribution in [-0.2, 0) is 16.3 Å². The maximum absolute atomic E-state index is 10.5. The highest BCUT2D eigenvalue weighted by atomic mass is 32.1. The third kappa shape index (κ3) is 5.36. The van der Waals surface area contributed by atoms with Crippen LogP contribution in [-0.4, -0.2) is 10.1 Å². The highest BCUT2D eigenvalue weighted by molar-refractivity contribution is 7.55. The van der Waals surface area contributed by atoms with Gasteiger partial charge in [-0.2, -0.15) is 4.21 Å². The summed E-state index contributed by atoms with van der Waals surface area (Å²) < 4.78 is 12.7. The molecule has 0 spiro atoms. The van der Waals surface area contributed by atoms with Crippen LogP contribution in [0, 0.1) is 5.92 Å². The largest absolute Gasteiger partial charge is 0.272 e. The van der Waals surface area contributed by atoms with Crippen LogP contribution in [0.15, 0.2) is 4.36 Å². The Balaban J connectivity index is 3.64. The molecular weight excluding hydrogens is 138 g/mol. The zero-order chi connectivity index (χ0) is 7.28. The Bertz CT molecular complexity index is 149. The van der Waals surface area contributed by atoms with Gasteiger partial charge in [-0.25, -0.2) is 0 Å². The molecule has 0 aromatic heterocycles. The number of hydrogen-bond donors (Lipinski definition) is 0. The minimum atomic E-state index is -0.315. The van der Waals surface area contributed by atoms with E-state index in [1.54, 1.807) is 0 Å². The lowest BCUT2D eigenvalue weighted by Gasteiger charge is -1.94. The summed E-state index contributed by atoms with van der Waals surface area (Å²) in [6.45, 7) is 3.81. The molecular formula is C5H9NO2S. The van der Waals surface area contributed by atoms with Gasteiger partial charge in [-0.05, 0) is 5.92 Å². The van der Waals surface area contributed by atoms with E-state index in [4.69, 9.17) is 0 Å². The van der Waals surface area contributed by atoms with Gasteiger partial charge in [-0.3, -0.25) is 4.79 Å². The van der Waals surface area contributed by atoms with Gasteiger partial charge in [-0.15, -0.1) is 4.36 Å². The molecule has 9 heavy (non-hydrogen) atoms. The molecule has 0 radical (unpaired) electrons. The first kappa shape index (κ1) is 8.49. The van der Waals surface area contributed by atoms with Crippen molar-refractivity contribution in [2.45, 2.75) is 20.3 Å². The summed E-state index contributed by atoms with van der Waals surface area (Å²) in [5, 5.41) is 0. The third-order valence-corrected chi connectivity index (χ3v) is 1.00. The second-order valence-electron chi connectivity index (χ2n) is 2.16. The molecule has 0 heterocycles. The molecule has 0 bridgehead atoms. The Kier molecular flexibility index (Phi) is 4.13. The molecule has 0 fully saturated rings. The average Bonchev–Trinajstić information content (AvgIpc) is 1.63. The Morgan fingerprint density at radius 3 is 2.56 bits per heavy atom. The van der Waals surface area contributed by atoms with Crippen LogP contribution in [0.2, 0.25) is 0 Å². The van der Waals surface area contributed by atoms with Gasteiger partial charge in [0.15, 0.2) is 0 Å². The monoisotopic (exact) mass is 147 g/mol. The first-order valence-corrected chi connectivity index (χ1v) is 3.39. The molecule has 0 atom stereocenters. The summed E-state index contributed by atoms with van der Waals surface area (Å²) in [6, 6.07) is 0. The van der Waals surface area contributed by atoms with Crippen molar-refractivity contribution in [3.05, 3.63) is 0 Å². The molecule has 0 saturated carbocycles. The van der Waals surface area contributed by atoms with E-state index < -0.39 is 0 Å². The van der Waals surface area contributed by atoms with Gasteiger partial charge in [0.1, 0.15) is 0 Å². The van der Waals surface area contributed by atoms with E-state index in [1.807, 2.05) is 13.8 Å². The van der Waals surface area contributed by atoms with Crippen molar-refractivity contribution in [3.63, 3.8) is 0 Å². The zero-order valence-corrected chi connectivity index (χ0v) is 6.27. The van der Waals surface area contributed by atoms with Gasteiger partial charge in [0, 0.05) is 6.42 Å². The lowest BCUT2D eigenvalue weighted by atomic mass is 10.1. The minimum absolute atomic E-state index is 0.0228. The molecule has 3 nitrogen and oxygen atoms in total. The van der Waals surface area contributed by atoms with Crippen molar-refractivity contribution in [2.24, 2.45) is 10.3 Å². The molecule has 0 unspecified atom stereocenters. The molecule has 0 aromatic rings. The van der Waals surface area contributed by atoms with E-state index in [0.717, 1.165) is 0 Å². The van der Waals surface area contributed by atoms with Crippen molar-refractivity contribution in [3.8, 4) is 0 Å². The lowest BCUT2D eigenvalue weighted by molar-refractivity contribution is -0.118. The van der Waals surface area contributed by atoms with Crippen LogP contribution in [0.4, 0.5) is 0 Å². The van der Waals surface area contributed by atoms with Crippen LogP contribution in [0.3, 0.4) is 0 Å². The van der Waals surface area contributed by atoms with Gasteiger partial charge in [-0.1, -0.05) is 13.8 Å². The van der Waals surface area contributed by atoms with Gasteiger partial charge in [0.2, 0.25) is 11.5 Å². The first-order valence-electron chi connectivity index (χ1n) is 2.69. The van der Waals surface area contributed by atoms with Crippen LogP contribution in [0.5, 0.6) is 0 Å². The molecule has 0 aromatic carbocycles. The first-order chi connectivity index (χ1) is 4.16. The van der Waals surface area contributed by atoms with Gasteiger partial charge in [0.25, 0.3) is 5.91 Å². The van der Waals surface area contributed by atoms with Crippen molar-refractivity contribution in [1.82, 2.24) is 0 Å². The van der Waals surface area contributed by atoms with E-state index in [0.29, 0.717) is 6.42 Å². The number of rotatable bonds is 2. The number of nitrogens with zero attached hydrogens (tertiary/aromatic N) is 1. The van der Waals surface area contributed by atoms with Gasteiger partial charge >= 0.3 is 0 Å². The van der Waals surface area contributed by atoms with Gasteiger partial charge in [0.05, 0.1) is 0 Å². The number of carbonyl (C=O) groups excluding carboxylic acids is 1. The normalized spacial score (nSPS) is 9.22. The minimum Gasteiger partial charge on any atom is -0.272 e. The predicted octanol–water partition coefficient (Wildman–Crippen LogP) is 0.956. The molecule has 52 valence electrons. The SMILES string of the molecule is CC(C)CC(=O)N=S=O. The standard InChI is InChI=1S/C5H9NO2S/c1-4(2)3-5(7)6-9-8/h4H,3H2,1-2H3. The fourth-order valence-corrected chi connectivity index (χ4v) is 0.586. The average molecular weight is 147 g/mol. The van der Waals surface area contributed by atoms with E-state index in [1.165, 1.54) is 0 Å². The molecule has 1 amide bonds. The highest BCUT2D eigenvalue weighted by Gasteiger charge is 2.00. The fourth-order valence-electron chi connectivity index (χ4n) is 0.428. The van der Waals surface area contributed by atoms with Crippen LogP contribution < -0.4 is 0 Å². The number of amides is 1. The van der Waals surface area contributed by atoms with Crippen LogP contribution >= 0.6 is 0 Å². The molecule has 4 heteroatoms. The number of hydrogen-bond acceptors (Lipinski definition) is 2. The maximum Gasteiger partial charge on any atom is 0.259 e. The highest BCUT2D eigenvalue weighted by Crippen LogP contribution is 1.99. The Morgan fingerprint density at radius 2 is 2.22 bits per heavy atom. The topological polar surface area (TPSA) is 46.5 Å². The summed E-state index contributed by atoms with van der Waals surface area (Å²) in [5.74, 6) is -0.0293. The maximum atomic E-state index is 10.5. The lowest BCUT2D eigenvalue weighted by Crippen LogP contribution is -1.97. The van der Waals surface area contributed by atoms with E-state index in [2.05, 4.69) is 4.36 Å². The number of carbonyl (C=O) groups is 1. The Hall–Kier alpha value is -0.510. The smallest absolute Gasteiger partial charge is 0.259 e. The zero-order valence-electron chi connectivity index (χ0n) is 5.46. The Morgan fingerprint density at radius 1 is 1.67 bits per heavy atom. The second kappa shape index (κ2) is 4.38. The van der Waals surface area contributed by atoms with Crippen LogP contribution in [0.1, 0.15) is 20.3 Å². The Labute approximate surface area is 57.7 Å². The van der Waals surface area contributed by atoms with Crippen molar-refractivity contribution in [2.75, 3.05) is 0 Å². The molecule has 0 aliphatic heterocycles. The van der Waals surface area contributed by atoms with E-state index in [-0.39, 0.29) is 23.3 Å². The second-order valence-corrected chi connectivity index (χ2v) is 2.49. The summed E-state index contributed by atoms with van der Waals surface area (Å²) in [6.07, 6.45) is 0.370. The molecule has 0 rings (SSSR count). The summed E-state index contributed by atoms with van der Waals surface area (Å²) in [5.41, 5.74) is 0. The van der Waals surface area contributed by atoms with Crippen molar-refractivity contribution in [1.29, 1.82) is 0 Å². The fraction of sp³-hybridized carbons (Fsp3) is 0.800. The van der Waals surface area contributed by atoms with Gasteiger partial charge < -0.3 is 0 Å². The van der Waals surface area contributed by atoms with Crippen molar-refractivity contribution >= 4 is 17.4 Å². The summed E-state index contributed by atoms with van der Waals surface area (Å²) in [7, 11) is 0. The van der Waals surface area contributed by atoms with E-state index >= 15 is 0 Å². The molecule has 0 aliphatic rings.